The fourth-order valence-electron chi connectivity index (χ4n) is 6.32. The average Bonchev–Trinajstić information content (AvgIpc) is 2.97. The number of benzene rings is 3. The number of carbonyl (C=O) groups excluding carboxylic acids is 1. The first-order chi connectivity index (χ1) is 19.8. The smallest absolute Gasteiger partial charge is 0.232 e. The number of ether oxygens (including phenoxy) is 2. The van der Waals surface area contributed by atoms with Gasteiger partial charge >= 0.3 is 0 Å². The number of carbonyl (C=O) groups is 1. The molecule has 2 aliphatic rings. The van der Waals surface area contributed by atoms with E-state index in [9.17, 15) is 4.79 Å². The molecule has 0 spiro atoms. The summed E-state index contributed by atoms with van der Waals surface area (Å²) in [5.74, 6) is 2.06. The fourth-order valence-corrected chi connectivity index (χ4v) is 6.45. The van der Waals surface area contributed by atoms with E-state index in [-0.39, 0.29) is 24.5 Å². The van der Waals surface area contributed by atoms with Crippen molar-refractivity contribution in [2.24, 2.45) is 5.92 Å². The van der Waals surface area contributed by atoms with E-state index in [0.717, 1.165) is 34.6 Å². The van der Waals surface area contributed by atoms with E-state index in [1.165, 1.54) is 25.7 Å². The van der Waals surface area contributed by atoms with Crippen LogP contribution in [0.2, 0.25) is 5.02 Å². The van der Waals surface area contributed by atoms with Gasteiger partial charge in [-0.05, 0) is 118 Å². The molecule has 1 unspecified atom stereocenters. The zero-order chi connectivity index (χ0) is 29.1. The summed E-state index contributed by atoms with van der Waals surface area (Å²) in [6.07, 6.45) is 5.27. The Kier molecular flexibility index (Phi) is 9.10. The first-order valence-corrected chi connectivity index (χ1v) is 15.1. The number of amides is 1. The maximum Gasteiger partial charge on any atom is 0.232 e. The van der Waals surface area contributed by atoms with Crippen LogP contribution in [-0.2, 0) is 11.2 Å². The third-order valence-corrected chi connectivity index (χ3v) is 8.74. The Balaban J connectivity index is 1.46. The van der Waals surface area contributed by atoms with E-state index in [4.69, 9.17) is 21.1 Å². The van der Waals surface area contributed by atoms with Crippen molar-refractivity contribution in [3.05, 3.63) is 82.4 Å². The van der Waals surface area contributed by atoms with Crippen LogP contribution in [0.1, 0.15) is 62.3 Å². The predicted molar refractivity (Wildman–Crippen MR) is 168 cm³/mol. The Hall–Kier alpha value is -3.22. The van der Waals surface area contributed by atoms with Gasteiger partial charge in [-0.3, -0.25) is 4.79 Å². The molecule has 1 atom stereocenters. The minimum absolute atomic E-state index is 0.0138. The van der Waals surface area contributed by atoms with Crippen LogP contribution in [0.4, 0.5) is 11.4 Å². The van der Waals surface area contributed by atoms with Crippen molar-refractivity contribution < 1.29 is 14.3 Å². The highest BCUT2D eigenvalue weighted by molar-refractivity contribution is 6.30. The predicted octanol–water partition coefficient (Wildman–Crippen LogP) is 7.03. The molecule has 3 aromatic carbocycles. The molecule has 1 N–H and O–H groups in total. The van der Waals surface area contributed by atoms with Crippen molar-refractivity contribution in [2.75, 3.05) is 37.5 Å². The van der Waals surface area contributed by atoms with Gasteiger partial charge in [-0.2, -0.15) is 0 Å². The second-order valence-electron chi connectivity index (χ2n) is 11.7. The maximum atomic E-state index is 13.8. The fraction of sp³-hybridized carbons (Fsp3) is 0.441. The van der Waals surface area contributed by atoms with Crippen LogP contribution in [-0.4, -0.2) is 45.8 Å². The first kappa shape index (κ1) is 29.3. The lowest BCUT2D eigenvalue weighted by Gasteiger charge is -2.38. The Morgan fingerprint density at radius 3 is 2.29 bits per heavy atom. The van der Waals surface area contributed by atoms with Gasteiger partial charge in [0.1, 0.15) is 0 Å². The second kappa shape index (κ2) is 12.7. The largest absolute Gasteiger partial charge is 0.493 e. The molecular formula is C34H42ClN3O3. The quantitative estimate of drug-likeness (QED) is 0.297. The lowest BCUT2D eigenvalue weighted by atomic mass is 9.85. The SMILES string of the molecule is CN[C@H]1CC[C@H](CN(C)c2ccc(N3C(=O)Cc4cc(OC)c(OC(C)C)cc4C3c3ccc(Cl)cc3)cc2)CC1. The Labute approximate surface area is 249 Å². The van der Waals surface area contributed by atoms with Crippen LogP contribution >= 0.6 is 11.6 Å². The Morgan fingerprint density at radius 1 is 1.00 bits per heavy atom. The number of fused-ring (bicyclic) bond motifs is 1. The van der Waals surface area contributed by atoms with E-state index in [1.807, 2.05) is 55.1 Å². The third-order valence-electron chi connectivity index (χ3n) is 8.49. The van der Waals surface area contributed by atoms with Gasteiger partial charge < -0.3 is 24.6 Å². The maximum absolute atomic E-state index is 13.8. The molecule has 6 nitrogen and oxygen atoms in total. The normalized spacial score (nSPS) is 20.6. The minimum atomic E-state index is -0.324. The molecule has 3 aromatic rings. The molecule has 1 aliphatic heterocycles. The first-order valence-electron chi connectivity index (χ1n) is 14.7. The molecular weight excluding hydrogens is 534 g/mol. The zero-order valence-corrected chi connectivity index (χ0v) is 25.6. The van der Waals surface area contributed by atoms with Crippen molar-refractivity contribution in [1.82, 2.24) is 5.32 Å². The highest BCUT2D eigenvalue weighted by atomic mass is 35.5. The highest BCUT2D eigenvalue weighted by Gasteiger charge is 2.36. The molecule has 1 heterocycles. The van der Waals surface area contributed by atoms with E-state index in [0.29, 0.717) is 28.5 Å². The monoisotopic (exact) mass is 575 g/mol. The van der Waals surface area contributed by atoms with Crippen molar-refractivity contribution in [2.45, 2.75) is 64.1 Å². The summed E-state index contributed by atoms with van der Waals surface area (Å²) in [6, 6.07) is 20.5. The van der Waals surface area contributed by atoms with Crippen LogP contribution in [0, 0.1) is 5.92 Å². The van der Waals surface area contributed by atoms with Crippen LogP contribution in [0.3, 0.4) is 0 Å². The zero-order valence-electron chi connectivity index (χ0n) is 24.8. The number of nitrogens with zero attached hydrogens (tertiary/aromatic N) is 2. The van der Waals surface area contributed by atoms with Gasteiger partial charge in [-0.1, -0.05) is 23.7 Å². The van der Waals surface area contributed by atoms with Crippen molar-refractivity contribution in [3.63, 3.8) is 0 Å². The molecule has 0 aromatic heterocycles. The van der Waals surface area contributed by atoms with Crippen molar-refractivity contribution in [1.29, 1.82) is 0 Å². The molecule has 1 amide bonds. The Morgan fingerprint density at radius 2 is 1.68 bits per heavy atom. The standard InChI is InChI=1S/C34H42ClN3O3/c1-22(2)41-32-20-30-25(18-31(32)40-5)19-33(39)38(34(30)24-8-10-26(35)11-9-24)29-16-14-28(15-17-29)37(4)21-23-6-12-27(36-3)13-7-23/h8-11,14-18,20,22-23,27,34,36H,6-7,12-13,19,21H2,1-5H3/t23-,27-,34?. The Bertz CT molecular complexity index is 1330. The molecule has 1 fully saturated rings. The van der Waals surface area contributed by atoms with E-state index >= 15 is 0 Å². The molecule has 0 radical (unpaired) electrons. The number of hydrogen-bond donors (Lipinski definition) is 1. The second-order valence-corrected chi connectivity index (χ2v) is 12.1. The molecule has 1 aliphatic carbocycles. The van der Waals surface area contributed by atoms with Gasteiger partial charge in [0.05, 0.1) is 25.7 Å². The number of hydrogen-bond acceptors (Lipinski definition) is 5. The summed E-state index contributed by atoms with van der Waals surface area (Å²) < 4.78 is 11.8. The van der Waals surface area contributed by atoms with Crippen molar-refractivity contribution >= 4 is 28.9 Å². The van der Waals surface area contributed by atoms with Crippen LogP contribution in [0.15, 0.2) is 60.7 Å². The van der Waals surface area contributed by atoms with Gasteiger partial charge in [0.15, 0.2) is 11.5 Å². The lowest BCUT2D eigenvalue weighted by Crippen LogP contribution is -2.41. The van der Waals surface area contributed by atoms with Gasteiger partial charge in [0.25, 0.3) is 0 Å². The summed E-state index contributed by atoms with van der Waals surface area (Å²) in [6.45, 7) is 5.04. The summed E-state index contributed by atoms with van der Waals surface area (Å²) >= 11 is 6.26. The van der Waals surface area contributed by atoms with Gasteiger partial charge in [-0.25, -0.2) is 0 Å². The number of rotatable bonds is 9. The molecule has 0 bridgehead atoms. The molecule has 0 saturated heterocycles. The van der Waals surface area contributed by atoms with E-state index in [1.54, 1.807) is 7.11 Å². The molecule has 7 heteroatoms. The van der Waals surface area contributed by atoms with E-state index in [2.05, 4.69) is 48.6 Å². The minimum Gasteiger partial charge on any atom is -0.493 e. The molecule has 41 heavy (non-hydrogen) atoms. The molecule has 218 valence electrons. The number of methoxy groups -OCH3 is 1. The number of halogens is 1. The average molecular weight is 576 g/mol. The summed E-state index contributed by atoms with van der Waals surface area (Å²) in [5.41, 5.74) is 5.00. The number of anilines is 2. The summed E-state index contributed by atoms with van der Waals surface area (Å²) in [5, 5.41) is 4.09. The van der Waals surface area contributed by atoms with Gasteiger partial charge in [0.2, 0.25) is 5.91 Å². The summed E-state index contributed by atoms with van der Waals surface area (Å²) in [4.78, 5) is 18.1. The summed E-state index contributed by atoms with van der Waals surface area (Å²) in [7, 11) is 5.87. The number of nitrogens with one attached hydrogen (secondary N) is 1. The van der Waals surface area contributed by atoms with Crippen LogP contribution in [0.25, 0.3) is 0 Å². The third kappa shape index (κ3) is 6.49. The van der Waals surface area contributed by atoms with Crippen LogP contribution in [0.5, 0.6) is 11.5 Å². The van der Waals surface area contributed by atoms with Crippen molar-refractivity contribution in [3.8, 4) is 11.5 Å². The molecule has 5 rings (SSSR count). The lowest BCUT2D eigenvalue weighted by molar-refractivity contribution is -0.118. The van der Waals surface area contributed by atoms with Crippen LogP contribution < -0.4 is 24.6 Å². The topological polar surface area (TPSA) is 54.0 Å². The molecule has 1 saturated carbocycles. The highest BCUT2D eigenvalue weighted by Crippen LogP contribution is 2.44. The van der Waals surface area contributed by atoms with Gasteiger partial charge in [0, 0.05) is 36.0 Å². The van der Waals surface area contributed by atoms with Gasteiger partial charge in [-0.15, -0.1) is 0 Å². The van der Waals surface area contributed by atoms with E-state index < -0.39 is 0 Å².